The average molecular weight is 346 g/mol. The van der Waals surface area contributed by atoms with Crippen molar-refractivity contribution in [3.63, 3.8) is 0 Å². The number of benzene rings is 1. The zero-order valence-corrected chi connectivity index (χ0v) is 15.2. The number of aliphatic hydroxyl groups excluding tert-OH is 1. The van der Waals surface area contributed by atoms with E-state index in [1.807, 2.05) is 13.8 Å². The summed E-state index contributed by atoms with van der Waals surface area (Å²) in [4.78, 5) is 13.0. The molecule has 0 aromatic heterocycles. The van der Waals surface area contributed by atoms with Gasteiger partial charge in [0.1, 0.15) is 5.41 Å². The van der Waals surface area contributed by atoms with E-state index in [-0.39, 0.29) is 34.7 Å². The van der Waals surface area contributed by atoms with Crippen LogP contribution in [0.25, 0.3) is 0 Å². The number of carbonyl (C=O) groups is 1. The lowest BCUT2D eigenvalue weighted by atomic mass is 9.46. The molecular formula is C20H26O5. The molecule has 2 bridgehead atoms. The molecule has 2 aliphatic heterocycles. The molecule has 2 unspecified atom stereocenters. The second kappa shape index (κ2) is 4.91. The molecule has 1 saturated heterocycles. The Hall–Kier alpha value is -1.75. The predicted molar refractivity (Wildman–Crippen MR) is 91.5 cm³/mol. The molecule has 0 amide bonds. The molecule has 5 rings (SSSR count). The Labute approximate surface area is 147 Å². The van der Waals surface area contributed by atoms with Crippen molar-refractivity contribution >= 4 is 5.97 Å². The van der Waals surface area contributed by atoms with Crippen molar-refractivity contribution in [2.45, 2.75) is 70.5 Å². The summed E-state index contributed by atoms with van der Waals surface area (Å²) in [5.74, 6) is -1.07. The van der Waals surface area contributed by atoms with E-state index in [4.69, 9.17) is 4.74 Å². The van der Waals surface area contributed by atoms with Crippen LogP contribution in [0.15, 0.2) is 6.07 Å². The largest absolute Gasteiger partial charge is 0.504 e. The van der Waals surface area contributed by atoms with Crippen LogP contribution < -0.4 is 0 Å². The van der Waals surface area contributed by atoms with Crippen LogP contribution in [0.5, 0.6) is 11.5 Å². The molecule has 2 aliphatic carbocycles. The third-order valence-electron chi connectivity index (χ3n) is 6.72. The second-order valence-corrected chi connectivity index (χ2v) is 8.89. The first-order chi connectivity index (χ1) is 11.6. The molecule has 5 heteroatoms. The number of ether oxygens (including phenoxy) is 1. The van der Waals surface area contributed by atoms with E-state index < -0.39 is 17.6 Å². The second-order valence-electron chi connectivity index (χ2n) is 8.89. The highest BCUT2D eigenvalue weighted by molar-refractivity contribution is 5.90. The van der Waals surface area contributed by atoms with Gasteiger partial charge in [-0.3, -0.25) is 4.79 Å². The smallest absolute Gasteiger partial charge is 0.317 e. The summed E-state index contributed by atoms with van der Waals surface area (Å²) in [6, 6.07) is 1.80. The van der Waals surface area contributed by atoms with Crippen molar-refractivity contribution in [1.29, 1.82) is 0 Å². The quantitative estimate of drug-likeness (QED) is 0.537. The average Bonchev–Trinajstić information content (AvgIpc) is 2.51. The van der Waals surface area contributed by atoms with Gasteiger partial charge in [-0.2, -0.15) is 0 Å². The molecule has 5 nitrogen and oxygen atoms in total. The van der Waals surface area contributed by atoms with Gasteiger partial charge in [0.05, 0.1) is 6.10 Å². The van der Waals surface area contributed by atoms with Crippen LogP contribution in [0, 0.1) is 11.3 Å². The standard InChI is InChI=1S/C20H26O5/c1-9(2)10-8-11-12(14(22)13(10)21)20-7-5-6-19(3,4)17(20)15(23)16(11)25-18(20)24/h8-9,15-17,21-23H,5-7H2,1-4H3/t15-,16?,17?,20-/m0/s1. The van der Waals surface area contributed by atoms with Crippen LogP contribution in [-0.2, 0) is 14.9 Å². The third-order valence-corrected chi connectivity index (χ3v) is 6.72. The van der Waals surface area contributed by atoms with Gasteiger partial charge in [0.2, 0.25) is 0 Å². The van der Waals surface area contributed by atoms with Crippen molar-refractivity contribution in [3.05, 3.63) is 22.8 Å². The van der Waals surface area contributed by atoms with Crippen LogP contribution >= 0.6 is 0 Å². The molecule has 1 spiro atoms. The number of phenolic OH excluding ortho intramolecular Hbond substituents is 2. The number of hydrogen-bond acceptors (Lipinski definition) is 5. The number of fused-ring (bicyclic) bond motifs is 1. The Balaban J connectivity index is 2.06. The van der Waals surface area contributed by atoms with E-state index in [1.54, 1.807) is 6.07 Å². The van der Waals surface area contributed by atoms with Crippen molar-refractivity contribution in [1.82, 2.24) is 0 Å². The maximum absolute atomic E-state index is 13.0. The van der Waals surface area contributed by atoms with Gasteiger partial charge < -0.3 is 20.1 Å². The summed E-state index contributed by atoms with van der Waals surface area (Å²) in [5.41, 5.74) is 0.405. The molecule has 2 fully saturated rings. The number of phenols is 2. The zero-order valence-electron chi connectivity index (χ0n) is 15.2. The monoisotopic (exact) mass is 346 g/mol. The lowest BCUT2D eigenvalue weighted by Crippen LogP contribution is -2.65. The van der Waals surface area contributed by atoms with Crippen LogP contribution in [0.3, 0.4) is 0 Å². The lowest BCUT2D eigenvalue weighted by molar-refractivity contribution is -0.213. The minimum absolute atomic E-state index is 0.000547. The molecule has 25 heavy (non-hydrogen) atoms. The maximum atomic E-state index is 13.0. The molecule has 4 atom stereocenters. The molecule has 1 aromatic rings. The SMILES string of the molecule is CC(C)c1cc2c(c(O)c1O)[C@@]13CCCC(C)(C)C1[C@@H](O)C2OC3=O. The first kappa shape index (κ1) is 16.7. The Morgan fingerprint density at radius 2 is 1.88 bits per heavy atom. The van der Waals surface area contributed by atoms with Crippen molar-refractivity contribution in [2.75, 3.05) is 0 Å². The molecule has 3 N–H and O–H groups in total. The van der Waals surface area contributed by atoms with E-state index in [1.165, 1.54) is 0 Å². The summed E-state index contributed by atoms with van der Waals surface area (Å²) < 4.78 is 5.63. The molecule has 1 saturated carbocycles. The van der Waals surface area contributed by atoms with Crippen molar-refractivity contribution in [3.8, 4) is 11.5 Å². The molecule has 2 heterocycles. The highest BCUT2D eigenvalue weighted by Gasteiger charge is 2.68. The van der Waals surface area contributed by atoms with Gasteiger partial charge in [-0.15, -0.1) is 0 Å². The fourth-order valence-corrected chi connectivity index (χ4v) is 5.71. The fourth-order valence-electron chi connectivity index (χ4n) is 5.71. The van der Waals surface area contributed by atoms with E-state index >= 15 is 0 Å². The lowest BCUT2D eigenvalue weighted by Gasteiger charge is -2.60. The van der Waals surface area contributed by atoms with Crippen LogP contribution in [-0.4, -0.2) is 27.4 Å². The fraction of sp³-hybridized carbons (Fsp3) is 0.650. The maximum Gasteiger partial charge on any atom is 0.317 e. The first-order valence-electron chi connectivity index (χ1n) is 9.11. The van der Waals surface area contributed by atoms with Gasteiger partial charge in [-0.05, 0) is 30.2 Å². The minimum atomic E-state index is -1.08. The van der Waals surface area contributed by atoms with Crippen LogP contribution in [0.2, 0.25) is 0 Å². The highest BCUT2D eigenvalue weighted by Crippen LogP contribution is 2.66. The summed E-state index contributed by atoms with van der Waals surface area (Å²) in [5, 5.41) is 32.5. The topological polar surface area (TPSA) is 87.0 Å². The summed E-state index contributed by atoms with van der Waals surface area (Å²) in [7, 11) is 0. The summed E-state index contributed by atoms with van der Waals surface area (Å²) >= 11 is 0. The number of rotatable bonds is 1. The zero-order chi connectivity index (χ0) is 18.3. The Bertz CT molecular complexity index is 766. The molecule has 4 aliphatic rings. The molecule has 136 valence electrons. The van der Waals surface area contributed by atoms with E-state index in [0.717, 1.165) is 12.8 Å². The number of hydrogen-bond donors (Lipinski definition) is 3. The van der Waals surface area contributed by atoms with Crippen molar-refractivity contribution < 1.29 is 24.9 Å². The van der Waals surface area contributed by atoms with Gasteiger partial charge in [-0.25, -0.2) is 0 Å². The molecule has 1 aromatic carbocycles. The Morgan fingerprint density at radius 1 is 1.20 bits per heavy atom. The first-order valence-corrected chi connectivity index (χ1v) is 9.11. The summed E-state index contributed by atoms with van der Waals surface area (Å²) in [6.45, 7) is 7.98. The van der Waals surface area contributed by atoms with E-state index in [2.05, 4.69) is 13.8 Å². The minimum Gasteiger partial charge on any atom is -0.504 e. The Kier molecular flexibility index (Phi) is 3.28. The van der Waals surface area contributed by atoms with Crippen LogP contribution in [0.1, 0.15) is 75.7 Å². The number of aromatic hydroxyl groups is 2. The van der Waals surface area contributed by atoms with E-state index in [0.29, 0.717) is 23.1 Å². The van der Waals surface area contributed by atoms with Gasteiger partial charge in [-0.1, -0.05) is 34.1 Å². The molecule has 0 radical (unpaired) electrons. The van der Waals surface area contributed by atoms with Crippen molar-refractivity contribution in [2.24, 2.45) is 11.3 Å². The van der Waals surface area contributed by atoms with Gasteiger partial charge in [0, 0.05) is 22.6 Å². The summed E-state index contributed by atoms with van der Waals surface area (Å²) in [6.07, 6.45) is 0.648. The van der Waals surface area contributed by atoms with Gasteiger partial charge >= 0.3 is 5.97 Å². The van der Waals surface area contributed by atoms with Crippen LogP contribution in [0.4, 0.5) is 0 Å². The van der Waals surface area contributed by atoms with E-state index in [9.17, 15) is 20.1 Å². The third kappa shape index (κ3) is 1.85. The van der Waals surface area contributed by atoms with Gasteiger partial charge in [0.15, 0.2) is 17.6 Å². The predicted octanol–water partition coefficient (Wildman–Crippen LogP) is 3.26. The normalized spacial score (nSPS) is 35.3. The Morgan fingerprint density at radius 3 is 2.52 bits per heavy atom. The van der Waals surface area contributed by atoms with Gasteiger partial charge in [0.25, 0.3) is 0 Å². The number of carbonyl (C=O) groups excluding carboxylic acids is 1. The highest BCUT2D eigenvalue weighted by atomic mass is 16.6. The molecular weight excluding hydrogens is 320 g/mol. The number of aliphatic hydroxyl groups is 1. The number of esters is 1.